The maximum absolute atomic E-state index is 13.2. The Hall–Kier alpha value is -1.26. The van der Waals surface area contributed by atoms with Crippen LogP contribution in [0.2, 0.25) is 0 Å². The van der Waals surface area contributed by atoms with E-state index in [2.05, 4.69) is 78.2 Å². The van der Waals surface area contributed by atoms with Crippen LogP contribution in [0.4, 0.5) is 0 Å². The molecular formula is C56H108ClNO7. The van der Waals surface area contributed by atoms with Crippen LogP contribution in [0.15, 0.2) is 36.5 Å². The fraction of sp³-hybridized carbons (Fsp3) is 0.875. The van der Waals surface area contributed by atoms with Crippen LogP contribution in [0.1, 0.15) is 241 Å². The molecule has 0 fully saturated rings. The Morgan fingerprint density at radius 3 is 1.23 bits per heavy atom. The predicted octanol–water partition coefficient (Wildman–Crippen LogP) is 12.9. The van der Waals surface area contributed by atoms with E-state index in [1.807, 2.05) is 13.8 Å². The molecule has 65 heavy (non-hydrogen) atoms. The van der Waals surface area contributed by atoms with E-state index in [9.17, 15) is 4.79 Å². The quantitative estimate of drug-likeness (QED) is 0.0198. The molecule has 9 heteroatoms. The number of unbranched alkanes of at least 4 members (excludes halogenated alkanes) is 22. The van der Waals surface area contributed by atoms with Crippen molar-refractivity contribution >= 4 is 5.97 Å². The SMILES string of the molecule is CCCCCC/C=C\COC(C)OCCCCCCCCC(CCCCCCCCOC(C)OC/C=C\CCCCCC)OC(=O)CCC[N+](C)(C)C(C)OC/C=C\CCCCCC.[Cl-]. The van der Waals surface area contributed by atoms with Gasteiger partial charge in [-0.25, -0.2) is 0 Å². The van der Waals surface area contributed by atoms with E-state index in [1.165, 1.54) is 128 Å². The molecule has 386 valence electrons. The van der Waals surface area contributed by atoms with Crippen LogP contribution >= 0.6 is 0 Å². The zero-order valence-electron chi connectivity index (χ0n) is 44.1. The van der Waals surface area contributed by atoms with E-state index >= 15 is 0 Å². The lowest BCUT2D eigenvalue weighted by molar-refractivity contribution is -0.935. The maximum atomic E-state index is 13.2. The third-order valence-electron chi connectivity index (χ3n) is 12.4. The highest BCUT2D eigenvalue weighted by Gasteiger charge is 2.25. The van der Waals surface area contributed by atoms with Crippen molar-refractivity contribution in [1.82, 2.24) is 0 Å². The van der Waals surface area contributed by atoms with Gasteiger partial charge in [-0.15, -0.1) is 0 Å². The Labute approximate surface area is 410 Å². The van der Waals surface area contributed by atoms with Crippen molar-refractivity contribution in [2.75, 3.05) is 53.7 Å². The third-order valence-corrected chi connectivity index (χ3v) is 12.4. The van der Waals surface area contributed by atoms with Crippen LogP contribution in [0.3, 0.4) is 0 Å². The average molecular weight is 943 g/mol. The summed E-state index contributed by atoms with van der Waals surface area (Å²) < 4.78 is 36.4. The third kappa shape index (κ3) is 47.6. The summed E-state index contributed by atoms with van der Waals surface area (Å²) in [6.07, 6.45) is 48.9. The Morgan fingerprint density at radius 2 is 0.815 bits per heavy atom. The molecule has 0 aromatic heterocycles. The molecule has 0 aliphatic heterocycles. The minimum Gasteiger partial charge on any atom is -1.00 e. The molecule has 8 nitrogen and oxygen atoms in total. The zero-order chi connectivity index (χ0) is 47.0. The topological polar surface area (TPSA) is 72.5 Å². The predicted molar refractivity (Wildman–Crippen MR) is 273 cm³/mol. The number of rotatable bonds is 50. The number of esters is 1. The van der Waals surface area contributed by atoms with Crippen molar-refractivity contribution in [1.29, 1.82) is 0 Å². The minimum atomic E-state index is -0.161. The van der Waals surface area contributed by atoms with Gasteiger partial charge in [0.05, 0.1) is 46.9 Å². The lowest BCUT2D eigenvalue weighted by Crippen LogP contribution is -3.00. The van der Waals surface area contributed by atoms with Gasteiger partial charge < -0.3 is 45.3 Å². The number of allylic oxidation sites excluding steroid dienone is 3. The van der Waals surface area contributed by atoms with Crippen molar-refractivity contribution in [3.8, 4) is 0 Å². The second-order valence-corrected chi connectivity index (χ2v) is 19.0. The first-order valence-electron chi connectivity index (χ1n) is 27.2. The molecule has 0 amide bonds. The number of nitrogens with zero attached hydrogens (tertiary/aromatic N) is 1. The van der Waals surface area contributed by atoms with E-state index in [4.69, 9.17) is 28.4 Å². The minimum absolute atomic E-state index is 0. The van der Waals surface area contributed by atoms with Gasteiger partial charge in [-0.2, -0.15) is 0 Å². The van der Waals surface area contributed by atoms with Crippen LogP contribution in [-0.2, 0) is 33.2 Å². The normalized spacial score (nSPS) is 14.1. The average Bonchev–Trinajstić information content (AvgIpc) is 3.27. The van der Waals surface area contributed by atoms with Crippen LogP contribution in [0.25, 0.3) is 0 Å². The number of carbonyl (C=O) groups is 1. The summed E-state index contributed by atoms with van der Waals surface area (Å²) in [7, 11) is 4.40. The fourth-order valence-corrected chi connectivity index (χ4v) is 7.68. The van der Waals surface area contributed by atoms with Gasteiger partial charge >= 0.3 is 5.97 Å². The summed E-state index contributed by atoms with van der Waals surface area (Å²) in [5, 5.41) is 0. The van der Waals surface area contributed by atoms with Gasteiger partial charge in [0.15, 0.2) is 18.8 Å². The van der Waals surface area contributed by atoms with Crippen LogP contribution < -0.4 is 12.4 Å². The highest BCUT2D eigenvalue weighted by atomic mass is 35.5. The molecule has 0 bridgehead atoms. The summed E-state index contributed by atoms with van der Waals surface area (Å²) in [4.78, 5) is 13.2. The number of quaternary nitrogens is 1. The van der Waals surface area contributed by atoms with Gasteiger partial charge in [-0.1, -0.05) is 166 Å². The van der Waals surface area contributed by atoms with Gasteiger partial charge in [-0.05, 0) is 90.9 Å². The molecule has 0 aromatic rings. The Morgan fingerprint density at radius 1 is 0.446 bits per heavy atom. The molecule has 3 unspecified atom stereocenters. The molecule has 0 N–H and O–H groups in total. The Kier molecular flexibility index (Phi) is 51.3. The number of hydrogen-bond acceptors (Lipinski definition) is 7. The van der Waals surface area contributed by atoms with Crippen LogP contribution in [0, 0.1) is 0 Å². The highest BCUT2D eigenvalue weighted by molar-refractivity contribution is 5.69. The molecule has 0 rings (SSSR count). The van der Waals surface area contributed by atoms with E-state index < -0.39 is 0 Å². The fourth-order valence-electron chi connectivity index (χ4n) is 7.68. The van der Waals surface area contributed by atoms with Crippen molar-refractivity contribution in [3.05, 3.63) is 36.5 Å². The summed E-state index contributed by atoms with van der Waals surface area (Å²) in [5.41, 5.74) is 0. The monoisotopic (exact) mass is 942 g/mol. The van der Waals surface area contributed by atoms with E-state index in [0.29, 0.717) is 26.2 Å². The lowest BCUT2D eigenvalue weighted by atomic mass is 10.0. The zero-order valence-corrected chi connectivity index (χ0v) is 44.9. The van der Waals surface area contributed by atoms with Crippen LogP contribution in [-0.4, -0.2) is 89.0 Å². The van der Waals surface area contributed by atoms with Gasteiger partial charge in [-0.3, -0.25) is 4.79 Å². The number of halogens is 1. The second kappa shape index (κ2) is 50.6. The van der Waals surface area contributed by atoms with Gasteiger partial charge in [0.25, 0.3) is 0 Å². The molecule has 0 spiro atoms. The summed E-state index contributed by atoms with van der Waals surface area (Å²) in [5.74, 6) is -0.0437. The molecule has 0 aliphatic carbocycles. The van der Waals surface area contributed by atoms with Gasteiger partial charge in [0.2, 0.25) is 0 Å². The number of hydrogen-bond donors (Lipinski definition) is 0. The molecule has 0 aromatic carbocycles. The first-order chi connectivity index (χ1) is 31.2. The summed E-state index contributed by atoms with van der Waals surface area (Å²) in [6.45, 7) is 17.1. The Balaban J connectivity index is 0. The van der Waals surface area contributed by atoms with E-state index in [0.717, 1.165) is 88.4 Å². The molecule has 0 saturated carbocycles. The second-order valence-electron chi connectivity index (χ2n) is 19.0. The summed E-state index contributed by atoms with van der Waals surface area (Å²) >= 11 is 0. The van der Waals surface area contributed by atoms with Gasteiger partial charge in [0, 0.05) is 26.6 Å². The first kappa shape index (κ1) is 65.8. The molecule has 3 atom stereocenters. The standard InChI is InChI=1S/C56H108NO7.ClH/c1-9-12-15-18-23-30-37-47-59-52(4)57(7,8)46-42-45-56(58)64-55(43-35-28-21-26-33-40-50-62-53(5)60-48-38-31-24-19-16-13-10-2)44-36-29-22-27-34-41-51-63-54(6)61-49-39-32-25-20-17-14-11-3;/h30-32,37-39,52-55H,9-29,33-36,40-51H2,1-8H3;1H/q+1;/p-1/b37-30-,38-31-,39-32-;. The number of ether oxygens (including phenoxy) is 6. The van der Waals surface area contributed by atoms with Crippen molar-refractivity contribution in [2.24, 2.45) is 0 Å². The lowest BCUT2D eigenvalue weighted by Gasteiger charge is -2.35. The first-order valence-corrected chi connectivity index (χ1v) is 27.2. The molecule has 0 saturated heterocycles. The van der Waals surface area contributed by atoms with E-state index in [-0.39, 0.29) is 43.3 Å². The maximum Gasteiger partial charge on any atom is 0.306 e. The largest absolute Gasteiger partial charge is 1.00 e. The molecule has 0 aliphatic rings. The Bertz CT molecular complexity index is 1020. The molecule has 0 radical (unpaired) electrons. The van der Waals surface area contributed by atoms with Crippen molar-refractivity contribution in [3.63, 3.8) is 0 Å². The van der Waals surface area contributed by atoms with Crippen molar-refractivity contribution in [2.45, 2.75) is 265 Å². The molecular weight excluding hydrogens is 834 g/mol. The van der Waals surface area contributed by atoms with E-state index in [1.54, 1.807) is 0 Å². The highest BCUT2D eigenvalue weighted by Crippen LogP contribution is 2.19. The smallest absolute Gasteiger partial charge is 0.306 e. The van der Waals surface area contributed by atoms with Crippen LogP contribution in [0.5, 0.6) is 0 Å². The van der Waals surface area contributed by atoms with Gasteiger partial charge in [0.1, 0.15) is 6.10 Å². The molecule has 0 heterocycles. The number of carbonyl (C=O) groups excluding carboxylic acids is 1. The summed E-state index contributed by atoms with van der Waals surface area (Å²) in [6, 6.07) is 0. The van der Waals surface area contributed by atoms with Crippen molar-refractivity contribution < 1.29 is 50.1 Å².